The van der Waals surface area contributed by atoms with E-state index in [-0.39, 0.29) is 11.8 Å². The van der Waals surface area contributed by atoms with Crippen LogP contribution in [-0.4, -0.2) is 39.6 Å². The summed E-state index contributed by atoms with van der Waals surface area (Å²) in [6.07, 6.45) is 2.84. The van der Waals surface area contributed by atoms with E-state index < -0.39 is 6.10 Å². The standard InChI is InChI=1S/C22H31N5O2S/c1-15(2)14-27-19(25-26-22(27)30-5)11-8-12-24-21(28)20(16(3)4)29-18-10-7-6-9-17(18)13-23/h6-7,9-10,15-16,20H,8,11-12,14H2,1-5H3,(H,24,28). The minimum Gasteiger partial charge on any atom is -0.479 e. The topological polar surface area (TPSA) is 92.8 Å². The van der Waals surface area contributed by atoms with Crippen LogP contribution in [0.3, 0.4) is 0 Å². The van der Waals surface area contributed by atoms with Crippen molar-refractivity contribution in [3.8, 4) is 11.8 Å². The molecule has 0 saturated heterocycles. The van der Waals surface area contributed by atoms with Crippen LogP contribution < -0.4 is 10.1 Å². The number of para-hydroxylation sites is 1. The van der Waals surface area contributed by atoms with Gasteiger partial charge in [0.2, 0.25) is 0 Å². The van der Waals surface area contributed by atoms with E-state index in [1.54, 1.807) is 36.0 Å². The molecule has 162 valence electrons. The summed E-state index contributed by atoms with van der Waals surface area (Å²) in [5.74, 6) is 1.67. The molecule has 1 atom stereocenters. The highest BCUT2D eigenvalue weighted by atomic mass is 32.2. The van der Waals surface area contributed by atoms with Crippen molar-refractivity contribution in [1.82, 2.24) is 20.1 Å². The molecule has 1 N–H and O–H groups in total. The largest absolute Gasteiger partial charge is 0.479 e. The molecule has 0 aliphatic rings. The summed E-state index contributed by atoms with van der Waals surface area (Å²) in [5, 5.41) is 21.7. The van der Waals surface area contributed by atoms with Gasteiger partial charge in [-0.15, -0.1) is 10.2 Å². The number of nitriles is 1. The number of hydrogen-bond acceptors (Lipinski definition) is 6. The van der Waals surface area contributed by atoms with Crippen molar-refractivity contribution in [2.24, 2.45) is 11.8 Å². The van der Waals surface area contributed by atoms with Crippen LogP contribution in [0.4, 0.5) is 0 Å². The Bertz CT molecular complexity index is 873. The summed E-state index contributed by atoms with van der Waals surface area (Å²) >= 11 is 1.59. The van der Waals surface area contributed by atoms with Gasteiger partial charge in [-0.1, -0.05) is 51.6 Å². The molecule has 0 saturated carbocycles. The lowest BCUT2D eigenvalue weighted by molar-refractivity contribution is -0.129. The molecule has 1 heterocycles. The van der Waals surface area contributed by atoms with Crippen LogP contribution in [0.15, 0.2) is 29.4 Å². The molecule has 1 aromatic carbocycles. The zero-order valence-corrected chi connectivity index (χ0v) is 19.2. The number of nitrogens with one attached hydrogen (secondary N) is 1. The Morgan fingerprint density at radius 2 is 2.00 bits per heavy atom. The molecule has 0 fully saturated rings. The van der Waals surface area contributed by atoms with Crippen molar-refractivity contribution in [1.29, 1.82) is 5.26 Å². The minimum absolute atomic E-state index is 0.0324. The van der Waals surface area contributed by atoms with Gasteiger partial charge in [0.05, 0.1) is 5.56 Å². The number of hydrogen-bond donors (Lipinski definition) is 1. The molecule has 7 nitrogen and oxygen atoms in total. The number of ether oxygens (including phenoxy) is 1. The van der Waals surface area contributed by atoms with Gasteiger partial charge in [0.25, 0.3) is 5.91 Å². The first-order chi connectivity index (χ1) is 14.4. The Kier molecular flexibility index (Phi) is 9.18. The number of nitrogens with zero attached hydrogens (tertiary/aromatic N) is 4. The Morgan fingerprint density at radius 1 is 1.27 bits per heavy atom. The lowest BCUT2D eigenvalue weighted by Crippen LogP contribution is -2.42. The van der Waals surface area contributed by atoms with Crippen LogP contribution in [0.1, 0.15) is 45.5 Å². The quantitative estimate of drug-likeness (QED) is 0.433. The highest BCUT2D eigenvalue weighted by Gasteiger charge is 2.25. The Labute approximate surface area is 183 Å². The fourth-order valence-electron chi connectivity index (χ4n) is 3.05. The zero-order chi connectivity index (χ0) is 22.1. The minimum atomic E-state index is -0.660. The molecular weight excluding hydrogens is 398 g/mol. The third kappa shape index (κ3) is 6.49. The second-order valence-corrected chi connectivity index (χ2v) is 8.67. The summed E-state index contributed by atoms with van der Waals surface area (Å²) in [7, 11) is 0. The number of carbonyl (C=O) groups excluding carboxylic acids is 1. The Hall–Kier alpha value is -2.53. The average Bonchev–Trinajstić information content (AvgIpc) is 3.10. The number of benzene rings is 1. The molecule has 0 aliphatic heterocycles. The fourth-order valence-corrected chi connectivity index (χ4v) is 3.58. The summed E-state index contributed by atoms with van der Waals surface area (Å²) in [5.41, 5.74) is 0.421. The van der Waals surface area contributed by atoms with E-state index in [9.17, 15) is 10.1 Å². The van der Waals surface area contributed by atoms with Crippen LogP contribution in [0, 0.1) is 23.2 Å². The van der Waals surface area contributed by atoms with Crippen molar-refractivity contribution in [2.45, 2.75) is 58.3 Å². The third-order valence-corrected chi connectivity index (χ3v) is 5.19. The normalized spacial score (nSPS) is 12.1. The number of rotatable bonds is 11. The number of aromatic nitrogens is 3. The van der Waals surface area contributed by atoms with E-state index in [4.69, 9.17) is 4.74 Å². The van der Waals surface area contributed by atoms with Crippen LogP contribution in [0.2, 0.25) is 0 Å². The number of aryl methyl sites for hydroxylation is 1. The van der Waals surface area contributed by atoms with Crippen molar-refractivity contribution in [3.63, 3.8) is 0 Å². The molecule has 1 aromatic heterocycles. The van der Waals surface area contributed by atoms with Gasteiger partial charge < -0.3 is 14.6 Å². The SMILES string of the molecule is CSc1nnc(CCCNC(=O)C(Oc2ccccc2C#N)C(C)C)n1CC(C)C. The molecule has 2 rings (SSSR count). The second-order valence-electron chi connectivity index (χ2n) is 7.89. The van der Waals surface area contributed by atoms with E-state index in [0.717, 1.165) is 30.4 Å². The first kappa shape index (κ1) is 23.7. The molecule has 1 unspecified atom stereocenters. The molecule has 1 amide bonds. The molecule has 2 aromatic rings. The van der Waals surface area contributed by atoms with Gasteiger partial charge >= 0.3 is 0 Å². The van der Waals surface area contributed by atoms with Crippen molar-refractivity contribution < 1.29 is 9.53 Å². The highest BCUT2D eigenvalue weighted by molar-refractivity contribution is 7.98. The van der Waals surface area contributed by atoms with E-state index in [1.165, 1.54) is 0 Å². The van der Waals surface area contributed by atoms with Crippen molar-refractivity contribution in [3.05, 3.63) is 35.7 Å². The second kappa shape index (κ2) is 11.6. The molecule has 0 radical (unpaired) electrons. The number of thioether (sulfide) groups is 1. The number of amides is 1. The van der Waals surface area contributed by atoms with Gasteiger partial charge in [-0.3, -0.25) is 4.79 Å². The fraction of sp³-hybridized carbons (Fsp3) is 0.545. The number of carbonyl (C=O) groups is 1. The van der Waals surface area contributed by atoms with Crippen LogP contribution in [0.25, 0.3) is 0 Å². The van der Waals surface area contributed by atoms with Gasteiger partial charge in [0, 0.05) is 19.5 Å². The first-order valence-electron chi connectivity index (χ1n) is 10.3. The van der Waals surface area contributed by atoms with Gasteiger partial charge in [0.15, 0.2) is 11.3 Å². The summed E-state index contributed by atoms with van der Waals surface area (Å²) in [6.45, 7) is 9.60. The summed E-state index contributed by atoms with van der Waals surface area (Å²) in [4.78, 5) is 12.7. The maximum atomic E-state index is 12.7. The van der Waals surface area contributed by atoms with Crippen LogP contribution in [-0.2, 0) is 17.8 Å². The van der Waals surface area contributed by atoms with Gasteiger partial charge in [-0.25, -0.2) is 0 Å². The molecule has 0 aliphatic carbocycles. The smallest absolute Gasteiger partial charge is 0.261 e. The molecule has 0 bridgehead atoms. The third-order valence-electron chi connectivity index (χ3n) is 4.53. The molecule has 8 heteroatoms. The maximum absolute atomic E-state index is 12.7. The van der Waals surface area contributed by atoms with E-state index >= 15 is 0 Å². The Balaban J connectivity index is 1.93. The van der Waals surface area contributed by atoms with Crippen LogP contribution in [0.5, 0.6) is 5.75 Å². The monoisotopic (exact) mass is 429 g/mol. The zero-order valence-electron chi connectivity index (χ0n) is 18.4. The highest BCUT2D eigenvalue weighted by Crippen LogP contribution is 2.21. The van der Waals surface area contributed by atoms with Gasteiger partial charge in [-0.05, 0) is 36.6 Å². The van der Waals surface area contributed by atoms with Gasteiger partial charge in [-0.2, -0.15) is 5.26 Å². The molecule has 0 spiro atoms. The van der Waals surface area contributed by atoms with Crippen LogP contribution >= 0.6 is 11.8 Å². The van der Waals surface area contributed by atoms with Crippen molar-refractivity contribution in [2.75, 3.05) is 12.8 Å². The molecule has 30 heavy (non-hydrogen) atoms. The maximum Gasteiger partial charge on any atom is 0.261 e. The molecular formula is C22H31N5O2S. The van der Waals surface area contributed by atoms with E-state index in [2.05, 4.69) is 40.0 Å². The van der Waals surface area contributed by atoms with Gasteiger partial charge in [0.1, 0.15) is 17.6 Å². The Morgan fingerprint density at radius 3 is 2.63 bits per heavy atom. The lowest BCUT2D eigenvalue weighted by Gasteiger charge is -2.22. The van der Waals surface area contributed by atoms with E-state index in [0.29, 0.717) is 23.8 Å². The predicted molar refractivity (Wildman–Crippen MR) is 118 cm³/mol. The lowest BCUT2D eigenvalue weighted by atomic mass is 10.1. The summed E-state index contributed by atoms with van der Waals surface area (Å²) < 4.78 is 8.05. The van der Waals surface area contributed by atoms with E-state index in [1.807, 2.05) is 20.1 Å². The summed E-state index contributed by atoms with van der Waals surface area (Å²) in [6, 6.07) is 9.06. The average molecular weight is 430 g/mol. The van der Waals surface area contributed by atoms with Crippen molar-refractivity contribution >= 4 is 17.7 Å². The predicted octanol–water partition coefficient (Wildman–Crippen LogP) is 3.68. The first-order valence-corrected chi connectivity index (χ1v) is 11.5.